The second-order valence-electron chi connectivity index (χ2n) is 7.35. The summed E-state index contributed by atoms with van der Waals surface area (Å²) in [6.07, 6.45) is 1.50. The van der Waals surface area contributed by atoms with Crippen molar-refractivity contribution in [2.24, 2.45) is 0 Å². The Kier molecular flexibility index (Phi) is 5.19. The van der Waals surface area contributed by atoms with Crippen LogP contribution in [-0.4, -0.2) is 58.0 Å². The summed E-state index contributed by atoms with van der Waals surface area (Å²) in [5, 5.41) is 5.65. The number of morpholine rings is 1. The van der Waals surface area contributed by atoms with Crippen LogP contribution in [0.3, 0.4) is 0 Å². The summed E-state index contributed by atoms with van der Waals surface area (Å²) in [6.45, 7) is 6.83. The van der Waals surface area contributed by atoms with Crippen LogP contribution in [0.4, 0.5) is 0 Å². The minimum absolute atomic E-state index is 0.0179. The highest BCUT2D eigenvalue weighted by Gasteiger charge is 2.29. The highest BCUT2D eigenvalue weighted by atomic mass is 35.5. The Labute approximate surface area is 174 Å². The van der Waals surface area contributed by atoms with Gasteiger partial charge < -0.3 is 14.4 Å². The van der Waals surface area contributed by atoms with Gasteiger partial charge in [0.05, 0.1) is 46.7 Å². The predicted molar refractivity (Wildman–Crippen MR) is 111 cm³/mol. The number of amides is 1. The summed E-state index contributed by atoms with van der Waals surface area (Å²) in [5.74, 6) is 0.581. The number of ether oxygens (including phenoxy) is 2. The molecular formula is C21H23ClN4O3. The van der Waals surface area contributed by atoms with Crippen molar-refractivity contribution in [1.29, 1.82) is 0 Å². The summed E-state index contributed by atoms with van der Waals surface area (Å²) in [6, 6.07) is 7.54. The number of hydrogen-bond donors (Lipinski definition) is 0. The van der Waals surface area contributed by atoms with Gasteiger partial charge in [-0.15, -0.1) is 0 Å². The molecule has 0 radical (unpaired) electrons. The molecule has 4 rings (SSSR count). The molecule has 3 heterocycles. The van der Waals surface area contributed by atoms with Crippen molar-refractivity contribution < 1.29 is 14.3 Å². The number of carbonyl (C=O) groups excluding carboxylic acids is 1. The van der Waals surface area contributed by atoms with Crippen molar-refractivity contribution in [2.75, 3.05) is 20.2 Å². The number of fused-ring (bicyclic) bond motifs is 1. The monoisotopic (exact) mass is 414 g/mol. The lowest BCUT2D eigenvalue weighted by atomic mass is 10.1. The molecule has 1 fully saturated rings. The fourth-order valence-corrected chi connectivity index (χ4v) is 4.14. The normalized spacial score (nSPS) is 19.6. The van der Waals surface area contributed by atoms with E-state index in [2.05, 4.69) is 10.1 Å². The molecule has 3 aromatic rings. The SMILES string of the molecule is COc1cccc(-n2nc(C)c3c(Cl)c(C(=O)N4C[C@@H](C)O[C@@H](C)C4)cnc32)c1. The molecule has 29 heavy (non-hydrogen) atoms. The number of carbonyl (C=O) groups is 1. The molecule has 1 saturated heterocycles. The lowest BCUT2D eigenvalue weighted by Gasteiger charge is -2.35. The maximum absolute atomic E-state index is 13.1. The maximum Gasteiger partial charge on any atom is 0.257 e. The van der Waals surface area contributed by atoms with Gasteiger partial charge in [-0.2, -0.15) is 5.10 Å². The number of rotatable bonds is 3. The number of aryl methyl sites for hydroxylation is 1. The lowest BCUT2D eigenvalue weighted by molar-refractivity contribution is -0.0586. The number of aromatic nitrogens is 3. The molecule has 0 aliphatic carbocycles. The van der Waals surface area contributed by atoms with Gasteiger partial charge in [-0.1, -0.05) is 17.7 Å². The Hall–Kier alpha value is -2.64. The van der Waals surface area contributed by atoms with Crippen molar-refractivity contribution in [3.8, 4) is 11.4 Å². The topological polar surface area (TPSA) is 69.5 Å². The van der Waals surface area contributed by atoms with Gasteiger partial charge in [0, 0.05) is 25.4 Å². The van der Waals surface area contributed by atoms with Crippen LogP contribution in [0.15, 0.2) is 30.5 Å². The van der Waals surface area contributed by atoms with Gasteiger partial charge >= 0.3 is 0 Å². The Bertz CT molecular complexity index is 1070. The molecule has 7 nitrogen and oxygen atoms in total. The minimum Gasteiger partial charge on any atom is -0.497 e. The van der Waals surface area contributed by atoms with Gasteiger partial charge in [-0.25, -0.2) is 9.67 Å². The zero-order valence-electron chi connectivity index (χ0n) is 16.8. The van der Waals surface area contributed by atoms with Crippen LogP contribution in [0.25, 0.3) is 16.7 Å². The number of nitrogens with zero attached hydrogens (tertiary/aromatic N) is 4. The third kappa shape index (κ3) is 3.56. The molecule has 8 heteroatoms. The average Bonchev–Trinajstić information content (AvgIpc) is 3.04. The zero-order valence-corrected chi connectivity index (χ0v) is 17.6. The summed E-state index contributed by atoms with van der Waals surface area (Å²) in [5.41, 5.74) is 2.49. The third-order valence-electron chi connectivity index (χ3n) is 5.04. The van der Waals surface area contributed by atoms with E-state index >= 15 is 0 Å². The summed E-state index contributed by atoms with van der Waals surface area (Å²) in [7, 11) is 1.62. The Morgan fingerprint density at radius 1 is 1.28 bits per heavy atom. The highest BCUT2D eigenvalue weighted by molar-refractivity contribution is 6.38. The fraction of sp³-hybridized carbons (Fsp3) is 0.381. The summed E-state index contributed by atoms with van der Waals surface area (Å²) in [4.78, 5) is 19.4. The molecule has 1 aromatic carbocycles. The van der Waals surface area contributed by atoms with Gasteiger partial charge in [0.15, 0.2) is 5.65 Å². The van der Waals surface area contributed by atoms with E-state index in [0.717, 1.165) is 11.4 Å². The van der Waals surface area contributed by atoms with Crippen molar-refractivity contribution in [1.82, 2.24) is 19.7 Å². The van der Waals surface area contributed by atoms with E-state index in [4.69, 9.17) is 21.1 Å². The van der Waals surface area contributed by atoms with Crippen LogP contribution in [-0.2, 0) is 4.74 Å². The van der Waals surface area contributed by atoms with E-state index in [0.29, 0.717) is 40.4 Å². The van der Waals surface area contributed by atoms with Crippen LogP contribution in [0.5, 0.6) is 5.75 Å². The van der Waals surface area contributed by atoms with Gasteiger partial charge in [-0.05, 0) is 32.9 Å². The van der Waals surface area contributed by atoms with E-state index in [9.17, 15) is 4.79 Å². The molecule has 152 valence electrons. The van der Waals surface area contributed by atoms with Gasteiger partial charge in [0.25, 0.3) is 5.91 Å². The molecule has 0 saturated carbocycles. The van der Waals surface area contributed by atoms with Crippen molar-refractivity contribution in [2.45, 2.75) is 33.0 Å². The predicted octanol–water partition coefficient (Wildman–Crippen LogP) is 3.64. The van der Waals surface area contributed by atoms with E-state index in [-0.39, 0.29) is 18.1 Å². The van der Waals surface area contributed by atoms with E-state index in [1.165, 1.54) is 6.20 Å². The Morgan fingerprint density at radius 2 is 2.00 bits per heavy atom. The van der Waals surface area contributed by atoms with Crippen LogP contribution >= 0.6 is 11.6 Å². The smallest absolute Gasteiger partial charge is 0.257 e. The molecule has 0 spiro atoms. The first-order valence-electron chi connectivity index (χ1n) is 9.52. The van der Waals surface area contributed by atoms with Crippen LogP contribution in [0, 0.1) is 6.92 Å². The fourth-order valence-electron chi connectivity index (χ4n) is 3.79. The van der Waals surface area contributed by atoms with E-state index < -0.39 is 0 Å². The van der Waals surface area contributed by atoms with Crippen LogP contribution < -0.4 is 4.74 Å². The number of benzene rings is 1. The second-order valence-corrected chi connectivity index (χ2v) is 7.73. The van der Waals surface area contributed by atoms with E-state index in [1.54, 1.807) is 16.7 Å². The molecule has 1 aliphatic heterocycles. The van der Waals surface area contributed by atoms with E-state index in [1.807, 2.05) is 45.0 Å². The van der Waals surface area contributed by atoms with Crippen LogP contribution in [0.1, 0.15) is 29.9 Å². The first-order chi connectivity index (χ1) is 13.9. The Balaban J connectivity index is 1.77. The van der Waals surface area contributed by atoms with Gasteiger partial charge in [-0.3, -0.25) is 4.79 Å². The quantitative estimate of drug-likeness (QED) is 0.654. The number of hydrogen-bond acceptors (Lipinski definition) is 5. The average molecular weight is 415 g/mol. The number of pyridine rings is 1. The van der Waals surface area contributed by atoms with Crippen molar-refractivity contribution in [3.05, 3.63) is 46.7 Å². The first kappa shape index (κ1) is 19.7. The molecule has 2 aromatic heterocycles. The number of methoxy groups -OCH3 is 1. The van der Waals surface area contributed by atoms with Gasteiger partial charge in [0.2, 0.25) is 0 Å². The molecule has 0 N–H and O–H groups in total. The molecule has 1 aliphatic rings. The largest absolute Gasteiger partial charge is 0.497 e. The van der Waals surface area contributed by atoms with Crippen molar-refractivity contribution >= 4 is 28.5 Å². The lowest BCUT2D eigenvalue weighted by Crippen LogP contribution is -2.48. The minimum atomic E-state index is -0.139. The molecular weight excluding hydrogens is 392 g/mol. The third-order valence-corrected chi connectivity index (χ3v) is 5.44. The number of halogens is 1. The van der Waals surface area contributed by atoms with Crippen LogP contribution in [0.2, 0.25) is 5.02 Å². The zero-order chi connectivity index (χ0) is 20.7. The standard InChI is InChI=1S/C21H23ClN4O3/c1-12-10-25(11-13(2)29-12)21(27)17-9-23-20-18(19(17)22)14(3)24-26(20)15-6-5-7-16(8-15)28-4/h5-9,12-13H,10-11H2,1-4H3/t12-,13+. The summed E-state index contributed by atoms with van der Waals surface area (Å²) < 4.78 is 12.7. The maximum atomic E-state index is 13.1. The highest BCUT2D eigenvalue weighted by Crippen LogP contribution is 2.31. The summed E-state index contributed by atoms with van der Waals surface area (Å²) >= 11 is 6.70. The van der Waals surface area contributed by atoms with Gasteiger partial charge in [0.1, 0.15) is 5.75 Å². The first-order valence-corrected chi connectivity index (χ1v) is 9.89. The molecule has 2 atom stereocenters. The molecule has 1 amide bonds. The molecule has 0 unspecified atom stereocenters. The second kappa shape index (κ2) is 7.65. The molecule has 0 bridgehead atoms. The van der Waals surface area contributed by atoms with Crippen molar-refractivity contribution in [3.63, 3.8) is 0 Å². The Morgan fingerprint density at radius 3 is 2.69 bits per heavy atom.